The minimum Gasteiger partial charge on any atom is -0.389 e. The molecule has 1 fully saturated rings. The first kappa shape index (κ1) is 20.8. The number of rotatable bonds is 5. The van der Waals surface area contributed by atoms with Crippen LogP contribution in [0.25, 0.3) is 6.08 Å². The average Bonchev–Trinajstić information content (AvgIpc) is 3.37. The van der Waals surface area contributed by atoms with Crippen molar-refractivity contribution in [3.05, 3.63) is 124 Å². The van der Waals surface area contributed by atoms with Crippen molar-refractivity contribution in [1.29, 1.82) is 0 Å². The molecular weight excluding hydrogens is 414 g/mol. The molecule has 0 spiro atoms. The molecule has 32 heavy (non-hydrogen) atoms. The Labute approximate surface area is 192 Å². The van der Waals surface area contributed by atoms with Gasteiger partial charge < -0.3 is 5.11 Å². The lowest BCUT2D eigenvalue weighted by Crippen LogP contribution is -2.52. The van der Waals surface area contributed by atoms with Gasteiger partial charge >= 0.3 is 0 Å². The number of piperidine rings is 1. The first-order valence-corrected chi connectivity index (χ1v) is 11.7. The number of aliphatic hydroxyl groups is 1. The van der Waals surface area contributed by atoms with Crippen molar-refractivity contribution in [2.75, 3.05) is 13.1 Å². The zero-order valence-corrected chi connectivity index (χ0v) is 18.5. The van der Waals surface area contributed by atoms with Gasteiger partial charge in [-0.15, -0.1) is 5.10 Å². The number of aromatic nitrogens is 2. The molecule has 1 aromatic heterocycles. The minimum atomic E-state index is -0.483. The van der Waals surface area contributed by atoms with Gasteiger partial charge in [0.25, 0.3) is 0 Å². The van der Waals surface area contributed by atoms with E-state index in [0.29, 0.717) is 13.0 Å². The second kappa shape index (κ2) is 9.17. The SMILES string of the molecule is OC1CCN(C(c2ccccc2)(c2ccccc2)c2ccccc2)C/C1=C\c1csnn1. The Hall–Kier alpha value is -3.12. The Kier molecular flexibility index (Phi) is 5.95. The molecule has 0 bridgehead atoms. The van der Waals surface area contributed by atoms with Crippen LogP contribution >= 0.6 is 11.5 Å². The number of nitrogens with zero attached hydrogens (tertiary/aromatic N) is 3. The molecule has 0 aliphatic carbocycles. The standard InChI is InChI=1S/C27H25N3OS/c31-26-16-17-30(19-21(26)18-25-20-32-29-28-25)27(22-10-4-1-5-11-22,23-12-6-2-7-13-23)24-14-8-3-9-15-24/h1-15,18,20,26,31H,16-17,19H2/b21-18+. The monoisotopic (exact) mass is 439 g/mol. The Bertz CT molecular complexity index is 1060. The van der Waals surface area contributed by atoms with Crippen LogP contribution in [0, 0.1) is 0 Å². The smallest absolute Gasteiger partial charge is 0.0982 e. The quantitative estimate of drug-likeness (QED) is 0.446. The molecule has 1 atom stereocenters. The van der Waals surface area contributed by atoms with Gasteiger partial charge in [0.1, 0.15) is 0 Å². The largest absolute Gasteiger partial charge is 0.389 e. The summed E-state index contributed by atoms with van der Waals surface area (Å²) in [7, 11) is 0. The fourth-order valence-electron chi connectivity index (χ4n) is 4.81. The van der Waals surface area contributed by atoms with Crippen LogP contribution in [-0.4, -0.2) is 38.8 Å². The van der Waals surface area contributed by atoms with Gasteiger partial charge in [0.2, 0.25) is 0 Å². The predicted octanol–water partition coefficient (Wildman–Crippen LogP) is 4.98. The molecule has 1 N–H and O–H groups in total. The molecule has 4 nitrogen and oxygen atoms in total. The van der Waals surface area contributed by atoms with Crippen LogP contribution in [0.4, 0.5) is 0 Å². The summed E-state index contributed by atoms with van der Waals surface area (Å²) in [5, 5.41) is 16.9. The predicted molar refractivity (Wildman–Crippen MR) is 129 cm³/mol. The third-order valence-electron chi connectivity index (χ3n) is 6.23. The van der Waals surface area contributed by atoms with Crippen LogP contribution in [0.15, 0.2) is 102 Å². The molecule has 2 heterocycles. The second-order valence-corrected chi connectivity index (χ2v) is 8.69. The highest BCUT2D eigenvalue weighted by Crippen LogP contribution is 2.44. The van der Waals surface area contributed by atoms with E-state index in [-0.39, 0.29) is 0 Å². The number of hydrogen-bond donors (Lipinski definition) is 1. The summed E-state index contributed by atoms with van der Waals surface area (Å²) in [6, 6.07) is 32.0. The van der Waals surface area contributed by atoms with Gasteiger partial charge in [0.15, 0.2) is 0 Å². The number of hydrogen-bond acceptors (Lipinski definition) is 5. The molecule has 5 heteroatoms. The summed E-state index contributed by atoms with van der Waals surface area (Å²) in [5.74, 6) is 0. The summed E-state index contributed by atoms with van der Waals surface area (Å²) >= 11 is 1.33. The van der Waals surface area contributed by atoms with Crippen molar-refractivity contribution >= 4 is 17.6 Å². The van der Waals surface area contributed by atoms with Crippen LogP contribution in [0.3, 0.4) is 0 Å². The van der Waals surface area contributed by atoms with E-state index in [0.717, 1.165) is 17.8 Å². The third-order valence-corrected chi connectivity index (χ3v) is 6.76. The maximum absolute atomic E-state index is 10.8. The van der Waals surface area contributed by atoms with E-state index in [4.69, 9.17) is 0 Å². The molecular formula is C27H25N3OS. The molecule has 0 amide bonds. The fourth-order valence-corrected chi connectivity index (χ4v) is 5.22. The summed E-state index contributed by atoms with van der Waals surface area (Å²) in [4.78, 5) is 2.49. The lowest BCUT2D eigenvalue weighted by atomic mass is 9.74. The maximum Gasteiger partial charge on any atom is 0.0982 e. The van der Waals surface area contributed by atoms with E-state index in [2.05, 4.69) is 105 Å². The Morgan fingerprint density at radius 2 is 1.38 bits per heavy atom. The van der Waals surface area contributed by atoms with Gasteiger partial charge in [-0.3, -0.25) is 4.90 Å². The van der Waals surface area contributed by atoms with Crippen molar-refractivity contribution in [2.24, 2.45) is 0 Å². The van der Waals surface area contributed by atoms with Gasteiger partial charge in [0.05, 0.1) is 17.3 Å². The zero-order chi connectivity index (χ0) is 21.8. The summed E-state index contributed by atoms with van der Waals surface area (Å²) in [5.41, 5.74) is 4.92. The van der Waals surface area contributed by atoms with E-state index in [1.165, 1.54) is 28.2 Å². The number of likely N-dealkylation sites (tertiary alicyclic amines) is 1. The van der Waals surface area contributed by atoms with E-state index >= 15 is 0 Å². The molecule has 1 aliphatic heterocycles. The van der Waals surface area contributed by atoms with Crippen molar-refractivity contribution < 1.29 is 5.11 Å². The molecule has 160 valence electrons. The van der Waals surface area contributed by atoms with E-state index in [9.17, 15) is 5.11 Å². The first-order valence-electron chi connectivity index (χ1n) is 10.9. The Morgan fingerprint density at radius 3 is 1.84 bits per heavy atom. The van der Waals surface area contributed by atoms with E-state index in [1.807, 2.05) is 11.5 Å². The normalized spacial score (nSPS) is 18.7. The van der Waals surface area contributed by atoms with Crippen molar-refractivity contribution in [1.82, 2.24) is 14.5 Å². The van der Waals surface area contributed by atoms with Crippen LogP contribution in [0.5, 0.6) is 0 Å². The summed E-state index contributed by atoms with van der Waals surface area (Å²) < 4.78 is 3.98. The van der Waals surface area contributed by atoms with Gasteiger partial charge in [-0.1, -0.05) is 95.5 Å². The Balaban J connectivity index is 1.71. The topological polar surface area (TPSA) is 49.2 Å². The van der Waals surface area contributed by atoms with Crippen LogP contribution in [0.1, 0.15) is 28.8 Å². The summed E-state index contributed by atoms with van der Waals surface area (Å²) in [6.45, 7) is 1.41. The van der Waals surface area contributed by atoms with E-state index < -0.39 is 11.6 Å². The first-order chi connectivity index (χ1) is 15.8. The minimum absolute atomic E-state index is 0.479. The second-order valence-electron chi connectivity index (χ2n) is 8.08. The molecule has 0 radical (unpaired) electrons. The Morgan fingerprint density at radius 1 is 0.844 bits per heavy atom. The van der Waals surface area contributed by atoms with Gasteiger partial charge in [-0.05, 0) is 46.3 Å². The van der Waals surface area contributed by atoms with Crippen LogP contribution < -0.4 is 0 Å². The molecule has 1 unspecified atom stereocenters. The van der Waals surface area contributed by atoms with Gasteiger partial charge in [-0.25, -0.2) is 0 Å². The van der Waals surface area contributed by atoms with Crippen LogP contribution in [-0.2, 0) is 5.54 Å². The molecule has 5 rings (SSSR count). The van der Waals surface area contributed by atoms with Crippen molar-refractivity contribution in [3.63, 3.8) is 0 Å². The highest BCUT2D eigenvalue weighted by Gasteiger charge is 2.44. The third kappa shape index (κ3) is 3.79. The number of aliphatic hydroxyl groups excluding tert-OH is 1. The highest BCUT2D eigenvalue weighted by molar-refractivity contribution is 7.03. The summed E-state index contributed by atoms with van der Waals surface area (Å²) in [6.07, 6.45) is 2.18. The molecule has 3 aromatic carbocycles. The van der Waals surface area contributed by atoms with Crippen molar-refractivity contribution in [2.45, 2.75) is 18.1 Å². The molecule has 1 saturated heterocycles. The van der Waals surface area contributed by atoms with Crippen LogP contribution in [0.2, 0.25) is 0 Å². The fraction of sp³-hybridized carbons (Fsp3) is 0.185. The molecule has 1 aliphatic rings. The lowest BCUT2D eigenvalue weighted by Gasteiger charge is -2.48. The van der Waals surface area contributed by atoms with E-state index in [1.54, 1.807) is 0 Å². The highest BCUT2D eigenvalue weighted by atomic mass is 32.1. The van der Waals surface area contributed by atoms with Crippen molar-refractivity contribution in [3.8, 4) is 0 Å². The maximum atomic E-state index is 10.8. The lowest BCUT2D eigenvalue weighted by molar-refractivity contribution is 0.0872. The zero-order valence-electron chi connectivity index (χ0n) is 17.7. The molecule has 0 saturated carbocycles. The van der Waals surface area contributed by atoms with Gasteiger partial charge in [0, 0.05) is 18.5 Å². The van der Waals surface area contributed by atoms with Gasteiger partial charge in [-0.2, -0.15) is 0 Å². The number of benzene rings is 3. The average molecular weight is 440 g/mol. The molecule has 4 aromatic rings.